The maximum Gasteiger partial charge on any atom is 0.320 e. The quantitative estimate of drug-likeness (QED) is 0.738. The Bertz CT molecular complexity index is 337. The number of nitrogens with zero attached hydrogens (tertiary/aromatic N) is 1. The molecular formula is C14H21NO2. The average Bonchev–Trinajstić information content (AvgIpc) is 2.34. The van der Waals surface area contributed by atoms with Gasteiger partial charge >= 0.3 is 5.97 Å². The van der Waals surface area contributed by atoms with Gasteiger partial charge in [-0.2, -0.15) is 0 Å². The van der Waals surface area contributed by atoms with Gasteiger partial charge in [-0.25, -0.2) is 0 Å². The molecule has 0 aliphatic rings. The summed E-state index contributed by atoms with van der Waals surface area (Å²) in [5.41, 5.74) is 1.35. The lowest BCUT2D eigenvalue weighted by Gasteiger charge is -2.20. The van der Waals surface area contributed by atoms with Gasteiger partial charge in [0.15, 0.2) is 0 Å². The van der Waals surface area contributed by atoms with E-state index in [1.807, 2.05) is 30.1 Å². The number of likely N-dealkylation sites (N-methyl/N-ethyl adjacent to an activating group) is 1. The molecule has 94 valence electrons. The fourth-order valence-corrected chi connectivity index (χ4v) is 1.72. The number of unbranched alkanes of at least 4 members (excludes halogenated alkanes) is 1. The molecule has 3 heteroatoms. The van der Waals surface area contributed by atoms with Crippen LogP contribution < -0.4 is 0 Å². The van der Waals surface area contributed by atoms with Crippen molar-refractivity contribution in [2.24, 2.45) is 0 Å². The highest BCUT2D eigenvalue weighted by atomic mass is 16.4. The van der Waals surface area contributed by atoms with Crippen molar-refractivity contribution in [1.82, 2.24) is 4.90 Å². The highest BCUT2D eigenvalue weighted by Gasteiger charge is 2.15. The first-order valence-electron chi connectivity index (χ1n) is 6.08. The molecule has 0 amide bonds. The standard InChI is InChI=1S/C14H21NO2/c1-12(14(16)17)15(2)11-7-6-10-13-8-4-3-5-9-13/h3-5,8-9,12H,6-7,10-11H2,1-2H3,(H,16,17). The highest BCUT2D eigenvalue weighted by Crippen LogP contribution is 2.06. The molecule has 1 atom stereocenters. The number of carboxylic acid groups (broad SMARTS) is 1. The summed E-state index contributed by atoms with van der Waals surface area (Å²) in [7, 11) is 1.86. The van der Waals surface area contributed by atoms with Crippen molar-refractivity contribution in [2.45, 2.75) is 32.2 Å². The van der Waals surface area contributed by atoms with E-state index >= 15 is 0 Å². The third kappa shape index (κ3) is 5.00. The predicted octanol–water partition coefficient (Wildman–Crippen LogP) is 2.41. The molecule has 0 aliphatic carbocycles. The number of rotatable bonds is 7. The van der Waals surface area contributed by atoms with E-state index in [4.69, 9.17) is 5.11 Å². The van der Waals surface area contributed by atoms with Crippen LogP contribution in [-0.4, -0.2) is 35.6 Å². The smallest absolute Gasteiger partial charge is 0.320 e. The Labute approximate surface area is 103 Å². The summed E-state index contributed by atoms with van der Waals surface area (Å²) in [6.07, 6.45) is 3.19. The topological polar surface area (TPSA) is 40.5 Å². The van der Waals surface area contributed by atoms with Crippen LogP contribution in [0.3, 0.4) is 0 Å². The first kappa shape index (κ1) is 13.7. The van der Waals surface area contributed by atoms with Gasteiger partial charge in [-0.3, -0.25) is 9.69 Å². The molecule has 0 saturated heterocycles. The minimum absolute atomic E-state index is 0.397. The Morgan fingerprint density at radius 2 is 1.94 bits per heavy atom. The molecule has 0 saturated carbocycles. The van der Waals surface area contributed by atoms with Crippen LogP contribution in [0.1, 0.15) is 25.3 Å². The van der Waals surface area contributed by atoms with Crippen LogP contribution in [0.25, 0.3) is 0 Å². The van der Waals surface area contributed by atoms with E-state index in [0.29, 0.717) is 0 Å². The molecule has 1 unspecified atom stereocenters. The number of hydrogen-bond donors (Lipinski definition) is 1. The number of benzene rings is 1. The number of aryl methyl sites for hydroxylation is 1. The summed E-state index contributed by atoms with van der Waals surface area (Å²) < 4.78 is 0. The van der Waals surface area contributed by atoms with Crippen LogP contribution in [0.4, 0.5) is 0 Å². The lowest BCUT2D eigenvalue weighted by molar-refractivity contribution is -0.142. The van der Waals surface area contributed by atoms with E-state index in [9.17, 15) is 4.79 Å². The normalized spacial score (nSPS) is 12.6. The largest absolute Gasteiger partial charge is 0.480 e. The van der Waals surface area contributed by atoms with Crippen molar-refractivity contribution < 1.29 is 9.90 Å². The van der Waals surface area contributed by atoms with Gasteiger partial charge in [0.2, 0.25) is 0 Å². The van der Waals surface area contributed by atoms with E-state index in [2.05, 4.69) is 12.1 Å². The van der Waals surface area contributed by atoms with Crippen LogP contribution >= 0.6 is 0 Å². The zero-order chi connectivity index (χ0) is 12.7. The van der Waals surface area contributed by atoms with Crippen LogP contribution in [0.15, 0.2) is 30.3 Å². The molecule has 0 radical (unpaired) electrons. The van der Waals surface area contributed by atoms with Crippen LogP contribution in [0.2, 0.25) is 0 Å². The zero-order valence-corrected chi connectivity index (χ0v) is 10.6. The van der Waals surface area contributed by atoms with Crippen LogP contribution in [0.5, 0.6) is 0 Å². The SMILES string of the molecule is CC(C(=O)O)N(C)CCCCc1ccccc1. The molecule has 0 bridgehead atoms. The molecule has 0 aliphatic heterocycles. The zero-order valence-electron chi connectivity index (χ0n) is 10.6. The number of hydrogen-bond acceptors (Lipinski definition) is 2. The summed E-state index contributed by atoms with van der Waals surface area (Å²) in [4.78, 5) is 12.6. The third-order valence-corrected chi connectivity index (χ3v) is 3.09. The van der Waals surface area contributed by atoms with Crippen LogP contribution in [-0.2, 0) is 11.2 Å². The fourth-order valence-electron chi connectivity index (χ4n) is 1.72. The molecule has 1 rings (SSSR count). The molecule has 0 fully saturated rings. The molecular weight excluding hydrogens is 214 g/mol. The van der Waals surface area contributed by atoms with E-state index in [1.165, 1.54) is 5.56 Å². The van der Waals surface area contributed by atoms with Crippen molar-refractivity contribution in [1.29, 1.82) is 0 Å². The maximum absolute atomic E-state index is 10.8. The van der Waals surface area contributed by atoms with Gasteiger partial charge in [-0.1, -0.05) is 30.3 Å². The Hall–Kier alpha value is -1.35. The molecule has 0 spiro atoms. The molecule has 17 heavy (non-hydrogen) atoms. The van der Waals surface area contributed by atoms with Gasteiger partial charge in [-0.05, 0) is 45.3 Å². The van der Waals surface area contributed by atoms with Gasteiger partial charge in [0.25, 0.3) is 0 Å². The van der Waals surface area contributed by atoms with Crippen molar-refractivity contribution >= 4 is 5.97 Å². The van der Waals surface area contributed by atoms with Crippen molar-refractivity contribution in [3.63, 3.8) is 0 Å². The number of carbonyl (C=O) groups is 1. The van der Waals surface area contributed by atoms with Gasteiger partial charge in [0.05, 0.1) is 0 Å². The molecule has 1 aromatic rings. The van der Waals surface area contributed by atoms with Gasteiger partial charge in [-0.15, -0.1) is 0 Å². The second kappa shape index (κ2) is 7.07. The van der Waals surface area contributed by atoms with Crippen LogP contribution in [0, 0.1) is 0 Å². The summed E-state index contributed by atoms with van der Waals surface area (Å²) in [6.45, 7) is 2.56. The number of aliphatic carboxylic acids is 1. The summed E-state index contributed by atoms with van der Waals surface area (Å²) in [5, 5.41) is 8.85. The fraction of sp³-hybridized carbons (Fsp3) is 0.500. The van der Waals surface area contributed by atoms with Crippen molar-refractivity contribution in [3.8, 4) is 0 Å². The minimum Gasteiger partial charge on any atom is -0.480 e. The van der Waals surface area contributed by atoms with E-state index in [-0.39, 0.29) is 0 Å². The summed E-state index contributed by atoms with van der Waals surface area (Å²) >= 11 is 0. The van der Waals surface area contributed by atoms with Gasteiger partial charge < -0.3 is 5.11 Å². The number of carboxylic acids is 1. The lowest BCUT2D eigenvalue weighted by Crippen LogP contribution is -2.36. The van der Waals surface area contributed by atoms with E-state index in [0.717, 1.165) is 25.8 Å². The molecule has 0 heterocycles. The Kier molecular flexibility index (Phi) is 5.70. The molecule has 1 aromatic carbocycles. The summed E-state index contributed by atoms with van der Waals surface area (Å²) in [5.74, 6) is -0.754. The Morgan fingerprint density at radius 1 is 1.29 bits per heavy atom. The Balaban J connectivity index is 2.18. The average molecular weight is 235 g/mol. The summed E-state index contributed by atoms with van der Waals surface area (Å²) in [6, 6.07) is 9.98. The van der Waals surface area contributed by atoms with Crippen molar-refractivity contribution in [3.05, 3.63) is 35.9 Å². The van der Waals surface area contributed by atoms with Gasteiger partial charge in [0.1, 0.15) is 6.04 Å². The first-order chi connectivity index (χ1) is 8.11. The second-order valence-corrected chi connectivity index (χ2v) is 4.44. The molecule has 1 N–H and O–H groups in total. The monoisotopic (exact) mass is 235 g/mol. The maximum atomic E-state index is 10.8. The third-order valence-electron chi connectivity index (χ3n) is 3.09. The predicted molar refractivity (Wildman–Crippen MR) is 69.1 cm³/mol. The van der Waals surface area contributed by atoms with E-state index < -0.39 is 12.0 Å². The molecule has 3 nitrogen and oxygen atoms in total. The first-order valence-corrected chi connectivity index (χ1v) is 6.08. The highest BCUT2D eigenvalue weighted by molar-refractivity contribution is 5.72. The van der Waals surface area contributed by atoms with Crippen molar-refractivity contribution in [2.75, 3.05) is 13.6 Å². The van der Waals surface area contributed by atoms with E-state index in [1.54, 1.807) is 6.92 Å². The lowest BCUT2D eigenvalue weighted by atomic mass is 10.1. The molecule has 0 aromatic heterocycles. The second-order valence-electron chi connectivity index (χ2n) is 4.44. The van der Waals surface area contributed by atoms with Gasteiger partial charge in [0, 0.05) is 0 Å². The minimum atomic E-state index is -0.754. The Morgan fingerprint density at radius 3 is 2.53 bits per heavy atom.